The molecule has 44 heavy (non-hydrogen) atoms. The molecule has 234 valence electrons. The van der Waals surface area contributed by atoms with E-state index in [0.717, 1.165) is 31.4 Å². The highest BCUT2D eigenvalue weighted by Crippen LogP contribution is 2.56. The maximum atomic E-state index is 14.7. The van der Waals surface area contributed by atoms with Crippen LogP contribution >= 0.6 is 11.6 Å². The Morgan fingerprint density at radius 2 is 1.86 bits per heavy atom. The lowest BCUT2D eigenvalue weighted by molar-refractivity contribution is -0.148. The zero-order valence-corrected chi connectivity index (χ0v) is 26.4. The van der Waals surface area contributed by atoms with Crippen LogP contribution in [0.4, 0.5) is 14.5 Å². The van der Waals surface area contributed by atoms with Crippen molar-refractivity contribution in [1.29, 1.82) is 0 Å². The largest absolute Gasteiger partial charge is 0.493 e. The molecule has 1 unspecified atom stereocenters. The number of rotatable bonds is 8. The summed E-state index contributed by atoms with van der Waals surface area (Å²) in [7, 11) is 1.45. The van der Waals surface area contributed by atoms with Crippen molar-refractivity contribution >= 4 is 23.3 Å². The topological polar surface area (TPSA) is 60.5 Å². The SMILES string of the molecule is COC(=O)C1(Nc2cccc(Cl)c2)CCC2(CC1)c1ccccc1CC2C[C@@H](C)COc1ccnc2c1[C@H](C)CCC2(F)F. The summed E-state index contributed by atoms with van der Waals surface area (Å²) in [5, 5.41) is 4.12. The zero-order valence-electron chi connectivity index (χ0n) is 25.7. The number of methoxy groups -OCH3 is 1. The highest BCUT2D eigenvalue weighted by atomic mass is 35.5. The summed E-state index contributed by atoms with van der Waals surface area (Å²) in [6, 6.07) is 17.9. The number of carbonyl (C=O) groups is 1. The summed E-state index contributed by atoms with van der Waals surface area (Å²) in [5.41, 5.74) is 3.09. The third-order valence-electron chi connectivity index (χ3n) is 10.5. The number of ether oxygens (including phenoxy) is 2. The Balaban J connectivity index is 1.21. The van der Waals surface area contributed by atoms with Crippen LogP contribution < -0.4 is 10.1 Å². The number of alkyl halides is 2. The number of aromatic nitrogens is 1. The van der Waals surface area contributed by atoms with Crippen LogP contribution in [0.2, 0.25) is 5.02 Å². The fourth-order valence-corrected chi connectivity index (χ4v) is 8.38. The Hall–Kier alpha value is -3.19. The van der Waals surface area contributed by atoms with E-state index >= 15 is 0 Å². The molecule has 6 rings (SSSR count). The first-order valence-corrected chi connectivity index (χ1v) is 16.2. The number of anilines is 1. The van der Waals surface area contributed by atoms with E-state index < -0.39 is 11.5 Å². The summed E-state index contributed by atoms with van der Waals surface area (Å²) in [6.07, 6.45) is 6.55. The van der Waals surface area contributed by atoms with Crippen molar-refractivity contribution in [3.8, 4) is 5.75 Å². The number of hydrogen-bond acceptors (Lipinski definition) is 5. The Morgan fingerprint density at radius 3 is 2.61 bits per heavy atom. The molecular formula is C36H41ClF2N2O3. The van der Waals surface area contributed by atoms with Gasteiger partial charge in [0.05, 0.1) is 13.7 Å². The normalized spacial score (nSPS) is 25.5. The molecule has 0 saturated heterocycles. The quantitative estimate of drug-likeness (QED) is 0.254. The van der Waals surface area contributed by atoms with Crippen molar-refractivity contribution < 1.29 is 23.0 Å². The van der Waals surface area contributed by atoms with E-state index in [4.69, 9.17) is 21.1 Å². The first-order valence-electron chi connectivity index (χ1n) is 15.8. The van der Waals surface area contributed by atoms with Crippen molar-refractivity contribution in [3.63, 3.8) is 0 Å². The number of esters is 1. The van der Waals surface area contributed by atoms with Crippen LogP contribution in [0.25, 0.3) is 0 Å². The smallest absolute Gasteiger partial charge is 0.331 e. The van der Waals surface area contributed by atoms with Crippen LogP contribution in [-0.4, -0.2) is 30.2 Å². The first kappa shape index (κ1) is 30.8. The molecule has 3 aliphatic carbocycles. The number of nitrogens with zero attached hydrogens (tertiary/aromatic N) is 1. The van der Waals surface area contributed by atoms with Gasteiger partial charge in [0.15, 0.2) is 0 Å². The van der Waals surface area contributed by atoms with Gasteiger partial charge in [-0.1, -0.05) is 55.8 Å². The minimum Gasteiger partial charge on any atom is -0.493 e. The number of fused-ring (bicyclic) bond motifs is 3. The van der Waals surface area contributed by atoms with Gasteiger partial charge in [-0.3, -0.25) is 4.98 Å². The van der Waals surface area contributed by atoms with Gasteiger partial charge in [-0.15, -0.1) is 0 Å². The molecule has 0 bridgehead atoms. The summed E-state index contributed by atoms with van der Waals surface area (Å²) in [5.74, 6) is -2.09. The maximum Gasteiger partial charge on any atom is 0.331 e. The van der Waals surface area contributed by atoms with E-state index in [1.807, 2.05) is 31.2 Å². The minimum atomic E-state index is -2.92. The van der Waals surface area contributed by atoms with E-state index in [-0.39, 0.29) is 35.3 Å². The van der Waals surface area contributed by atoms with Gasteiger partial charge in [0.25, 0.3) is 5.92 Å². The molecule has 1 fully saturated rings. The Kier molecular flexibility index (Phi) is 8.38. The van der Waals surface area contributed by atoms with Crippen LogP contribution in [-0.2, 0) is 27.3 Å². The number of halogens is 3. The van der Waals surface area contributed by atoms with E-state index in [0.29, 0.717) is 48.1 Å². The summed E-state index contributed by atoms with van der Waals surface area (Å²) < 4.78 is 41.0. The van der Waals surface area contributed by atoms with Crippen LogP contribution in [0.3, 0.4) is 0 Å². The highest BCUT2D eigenvalue weighted by Gasteiger charge is 2.54. The van der Waals surface area contributed by atoms with Crippen molar-refractivity contribution in [1.82, 2.24) is 4.98 Å². The molecular weight excluding hydrogens is 582 g/mol. The molecule has 5 nitrogen and oxygen atoms in total. The van der Waals surface area contributed by atoms with Crippen molar-refractivity contribution in [3.05, 3.63) is 88.2 Å². The van der Waals surface area contributed by atoms with E-state index in [9.17, 15) is 13.6 Å². The van der Waals surface area contributed by atoms with Gasteiger partial charge in [0, 0.05) is 28.9 Å². The lowest BCUT2D eigenvalue weighted by atomic mass is 9.59. The Labute approximate surface area is 263 Å². The molecule has 0 radical (unpaired) electrons. The van der Waals surface area contributed by atoms with Crippen LogP contribution in [0.1, 0.15) is 87.1 Å². The average Bonchev–Trinajstić information content (AvgIpc) is 3.31. The van der Waals surface area contributed by atoms with Crippen molar-refractivity contribution in [2.24, 2.45) is 11.8 Å². The summed E-state index contributed by atoms with van der Waals surface area (Å²) >= 11 is 6.26. The standard InChI is InChI=1S/C36H41ClF2N2O3/c1-23(22-44-30-12-18-40-32-31(30)24(2)11-13-36(32,38)39)19-26-20-25-7-4-5-10-29(25)34(26)14-16-35(17-15-34,33(42)43-3)41-28-9-6-8-27(37)21-28/h4-10,12,18,21,23-24,26,41H,11,13-17,19-20,22H2,1-3H3/t23-,24-,26?,34?,35?/m1/s1. The number of nitrogens with one attached hydrogen (secondary N) is 1. The lowest BCUT2D eigenvalue weighted by Gasteiger charge is -2.47. The second kappa shape index (κ2) is 12.0. The number of hydrogen-bond donors (Lipinski definition) is 1. The third kappa shape index (κ3) is 5.57. The van der Waals surface area contributed by atoms with Crippen LogP contribution in [0.15, 0.2) is 60.8 Å². The minimum absolute atomic E-state index is 0.0194. The van der Waals surface area contributed by atoms with Crippen molar-refractivity contribution in [2.45, 2.75) is 88.0 Å². The molecule has 3 atom stereocenters. The fraction of sp³-hybridized carbons (Fsp3) is 0.500. The van der Waals surface area contributed by atoms with E-state index in [2.05, 4.69) is 41.5 Å². The third-order valence-corrected chi connectivity index (χ3v) is 10.7. The molecule has 3 aliphatic rings. The van der Waals surface area contributed by atoms with Gasteiger partial charge in [0.1, 0.15) is 17.0 Å². The van der Waals surface area contributed by atoms with Crippen molar-refractivity contribution in [2.75, 3.05) is 19.0 Å². The lowest BCUT2D eigenvalue weighted by Crippen LogP contribution is -2.53. The molecule has 2 aromatic carbocycles. The monoisotopic (exact) mass is 622 g/mol. The predicted molar refractivity (Wildman–Crippen MR) is 169 cm³/mol. The number of carbonyl (C=O) groups excluding carboxylic acids is 1. The highest BCUT2D eigenvalue weighted by molar-refractivity contribution is 6.30. The zero-order chi connectivity index (χ0) is 31.1. The van der Waals surface area contributed by atoms with Gasteiger partial charge in [-0.25, -0.2) is 4.79 Å². The second-order valence-corrected chi connectivity index (χ2v) is 13.7. The summed E-state index contributed by atoms with van der Waals surface area (Å²) in [6.45, 7) is 4.61. The number of pyridine rings is 1. The molecule has 0 aliphatic heterocycles. The molecule has 1 heterocycles. The molecule has 1 aromatic heterocycles. The van der Waals surface area contributed by atoms with Gasteiger partial charge in [-0.05, 0) is 104 Å². The van der Waals surface area contributed by atoms with Gasteiger partial charge in [0.2, 0.25) is 0 Å². The molecule has 3 aromatic rings. The van der Waals surface area contributed by atoms with Crippen LogP contribution in [0, 0.1) is 11.8 Å². The molecule has 0 amide bonds. The molecule has 1 saturated carbocycles. The van der Waals surface area contributed by atoms with E-state index in [1.54, 1.807) is 6.07 Å². The molecule has 8 heteroatoms. The number of benzene rings is 2. The second-order valence-electron chi connectivity index (χ2n) is 13.3. The molecule has 1 spiro atoms. The first-order chi connectivity index (χ1) is 21.1. The van der Waals surface area contributed by atoms with Crippen LogP contribution in [0.5, 0.6) is 5.75 Å². The van der Waals surface area contributed by atoms with Gasteiger partial charge in [-0.2, -0.15) is 8.78 Å². The fourth-order valence-electron chi connectivity index (χ4n) is 8.19. The van der Waals surface area contributed by atoms with Gasteiger partial charge < -0.3 is 14.8 Å². The average molecular weight is 623 g/mol. The predicted octanol–water partition coefficient (Wildman–Crippen LogP) is 8.84. The van der Waals surface area contributed by atoms with Gasteiger partial charge >= 0.3 is 5.97 Å². The Bertz CT molecular complexity index is 1520. The maximum absolute atomic E-state index is 14.7. The summed E-state index contributed by atoms with van der Waals surface area (Å²) in [4.78, 5) is 17.3. The van der Waals surface area contributed by atoms with E-state index in [1.165, 1.54) is 24.4 Å². The Morgan fingerprint density at radius 1 is 1.09 bits per heavy atom. The molecule has 1 N–H and O–H groups in total.